The molecule has 1 aromatic rings. The number of aryl methyl sites for hydroxylation is 3. The van der Waals surface area contributed by atoms with Gasteiger partial charge in [0.15, 0.2) is 0 Å². The molecular weight excluding hydrogens is 220 g/mol. The molecule has 0 saturated carbocycles. The van der Waals surface area contributed by atoms with Crippen LogP contribution in [0, 0.1) is 13.8 Å². The number of hydrogen-bond donors (Lipinski definition) is 2. The first-order valence-corrected chi connectivity index (χ1v) is 6.09. The predicted molar refractivity (Wildman–Crippen MR) is 69.4 cm³/mol. The van der Waals surface area contributed by atoms with E-state index in [4.69, 9.17) is 0 Å². The number of carbonyl (C=O) groups excluding carboxylic acids is 1. The molecule has 0 atom stereocenters. The van der Waals surface area contributed by atoms with Crippen LogP contribution in [0.3, 0.4) is 0 Å². The Morgan fingerprint density at radius 1 is 1.25 bits per heavy atom. The van der Waals surface area contributed by atoms with Crippen molar-refractivity contribution in [2.75, 3.05) is 5.75 Å². The fraction of sp³-hybridized carbons (Fsp3) is 0.462. The minimum absolute atomic E-state index is 0.249. The van der Waals surface area contributed by atoms with Crippen molar-refractivity contribution in [1.29, 1.82) is 0 Å². The van der Waals surface area contributed by atoms with Gasteiger partial charge in [0.1, 0.15) is 11.5 Å². The number of rotatable bonds is 5. The van der Waals surface area contributed by atoms with Crippen molar-refractivity contribution in [2.45, 2.75) is 33.1 Å². The van der Waals surface area contributed by atoms with Gasteiger partial charge in [-0.15, -0.1) is 0 Å². The van der Waals surface area contributed by atoms with Crippen molar-refractivity contribution in [2.24, 2.45) is 0 Å². The third-order valence-corrected chi connectivity index (χ3v) is 2.86. The number of carbonyl (C=O) groups is 1. The highest BCUT2D eigenvalue weighted by atomic mass is 32.1. The third-order valence-electron chi connectivity index (χ3n) is 2.63. The van der Waals surface area contributed by atoms with Crippen LogP contribution >= 0.6 is 12.6 Å². The third kappa shape index (κ3) is 3.56. The maximum Gasteiger partial charge on any atom is 0.134 e. The molecule has 16 heavy (non-hydrogen) atoms. The second-order valence-corrected chi connectivity index (χ2v) is 4.54. The zero-order valence-electron chi connectivity index (χ0n) is 9.79. The van der Waals surface area contributed by atoms with Crippen LogP contribution in [0.5, 0.6) is 5.75 Å². The fourth-order valence-electron chi connectivity index (χ4n) is 1.72. The van der Waals surface area contributed by atoms with Gasteiger partial charge in [-0.05, 0) is 42.7 Å². The van der Waals surface area contributed by atoms with E-state index in [0.29, 0.717) is 24.3 Å². The molecule has 1 rings (SSSR count). The molecule has 1 aromatic carbocycles. The number of thiol groups is 1. The molecule has 0 spiro atoms. The van der Waals surface area contributed by atoms with E-state index in [-0.39, 0.29) is 5.78 Å². The van der Waals surface area contributed by atoms with Crippen LogP contribution in [0.1, 0.15) is 29.5 Å². The first-order valence-electron chi connectivity index (χ1n) is 5.46. The van der Waals surface area contributed by atoms with Gasteiger partial charge in [-0.1, -0.05) is 12.1 Å². The topological polar surface area (TPSA) is 37.3 Å². The Bertz CT molecular complexity index is 363. The molecule has 0 amide bonds. The molecule has 0 radical (unpaired) electrons. The molecule has 0 aromatic heterocycles. The summed E-state index contributed by atoms with van der Waals surface area (Å²) in [6, 6.07) is 3.88. The van der Waals surface area contributed by atoms with Crippen LogP contribution in [0.4, 0.5) is 0 Å². The van der Waals surface area contributed by atoms with Crippen molar-refractivity contribution in [3.8, 4) is 5.75 Å². The number of Topliss-reactive ketones (excluding diaryl/α,β-unsaturated/α-hetero) is 1. The first-order chi connectivity index (χ1) is 7.54. The summed E-state index contributed by atoms with van der Waals surface area (Å²) in [4.78, 5) is 11.4. The number of hydrogen-bond acceptors (Lipinski definition) is 3. The lowest BCUT2D eigenvalue weighted by Gasteiger charge is -2.07. The van der Waals surface area contributed by atoms with Gasteiger partial charge in [0.2, 0.25) is 0 Å². The fourth-order valence-corrected chi connectivity index (χ4v) is 1.97. The average molecular weight is 238 g/mol. The first kappa shape index (κ1) is 13.1. The predicted octanol–water partition coefficient (Wildman–Crippen LogP) is 2.83. The summed E-state index contributed by atoms with van der Waals surface area (Å²) >= 11 is 4.03. The number of benzene rings is 1. The van der Waals surface area contributed by atoms with Crippen LogP contribution in [0.25, 0.3) is 0 Å². The van der Waals surface area contributed by atoms with E-state index in [2.05, 4.69) is 12.6 Å². The Morgan fingerprint density at radius 2 is 1.81 bits per heavy atom. The molecule has 3 heteroatoms. The lowest BCUT2D eigenvalue weighted by Crippen LogP contribution is -2.01. The molecule has 1 N–H and O–H groups in total. The van der Waals surface area contributed by atoms with Gasteiger partial charge < -0.3 is 5.11 Å². The molecule has 0 aliphatic carbocycles. The van der Waals surface area contributed by atoms with E-state index in [9.17, 15) is 9.90 Å². The summed E-state index contributed by atoms with van der Waals surface area (Å²) in [5, 5.41) is 9.62. The van der Waals surface area contributed by atoms with Gasteiger partial charge >= 0.3 is 0 Å². The Hall–Kier alpha value is -0.960. The number of phenolic OH excluding ortho intramolecular Hbond substituents is 1. The van der Waals surface area contributed by atoms with Crippen molar-refractivity contribution in [1.82, 2.24) is 0 Å². The molecule has 88 valence electrons. The summed E-state index contributed by atoms with van der Waals surface area (Å²) in [5.74, 6) is 1.22. The Balaban J connectivity index is 2.65. The average Bonchev–Trinajstić information content (AvgIpc) is 2.23. The molecule has 0 unspecified atom stereocenters. The second-order valence-electron chi connectivity index (χ2n) is 4.09. The maximum absolute atomic E-state index is 11.4. The van der Waals surface area contributed by atoms with Crippen molar-refractivity contribution in [3.05, 3.63) is 28.8 Å². The molecule has 0 heterocycles. The zero-order chi connectivity index (χ0) is 12.1. The highest BCUT2D eigenvalue weighted by Gasteiger charge is 2.05. The lowest BCUT2D eigenvalue weighted by atomic mass is 10.0. The lowest BCUT2D eigenvalue weighted by molar-refractivity contribution is -0.118. The maximum atomic E-state index is 11.4. The summed E-state index contributed by atoms with van der Waals surface area (Å²) in [6.45, 7) is 3.75. The second kappa shape index (κ2) is 5.94. The van der Waals surface area contributed by atoms with Crippen LogP contribution in [-0.2, 0) is 11.2 Å². The monoisotopic (exact) mass is 238 g/mol. The molecule has 0 aliphatic rings. The van der Waals surface area contributed by atoms with E-state index in [1.165, 1.54) is 0 Å². The van der Waals surface area contributed by atoms with Crippen LogP contribution in [0.15, 0.2) is 12.1 Å². The summed E-state index contributed by atoms with van der Waals surface area (Å²) in [5.41, 5.74) is 2.86. The highest BCUT2D eigenvalue weighted by Crippen LogP contribution is 2.23. The van der Waals surface area contributed by atoms with Crippen molar-refractivity contribution < 1.29 is 9.90 Å². The molecule has 0 fully saturated rings. The minimum atomic E-state index is 0.249. The van der Waals surface area contributed by atoms with Gasteiger partial charge in [0.05, 0.1) is 0 Å². The molecule has 0 bridgehead atoms. The van der Waals surface area contributed by atoms with E-state index in [0.717, 1.165) is 23.1 Å². The minimum Gasteiger partial charge on any atom is -0.507 e. The summed E-state index contributed by atoms with van der Waals surface area (Å²) in [6.07, 6.45) is 1.85. The van der Waals surface area contributed by atoms with E-state index in [1.54, 1.807) is 0 Å². The van der Waals surface area contributed by atoms with Crippen LogP contribution in [-0.4, -0.2) is 16.6 Å². The van der Waals surface area contributed by atoms with Crippen LogP contribution < -0.4 is 0 Å². The largest absolute Gasteiger partial charge is 0.507 e. The quantitative estimate of drug-likeness (QED) is 0.774. The highest BCUT2D eigenvalue weighted by molar-refractivity contribution is 7.80. The van der Waals surface area contributed by atoms with Gasteiger partial charge in [-0.2, -0.15) is 12.6 Å². The van der Waals surface area contributed by atoms with Gasteiger partial charge in [-0.3, -0.25) is 4.79 Å². The van der Waals surface area contributed by atoms with Gasteiger partial charge in [0.25, 0.3) is 0 Å². The van der Waals surface area contributed by atoms with E-state index < -0.39 is 0 Å². The smallest absolute Gasteiger partial charge is 0.134 e. The number of aromatic hydroxyl groups is 1. The molecule has 0 saturated heterocycles. The van der Waals surface area contributed by atoms with E-state index >= 15 is 0 Å². The van der Waals surface area contributed by atoms with Crippen LogP contribution in [0.2, 0.25) is 0 Å². The Kier molecular flexibility index (Phi) is 4.87. The normalized spacial score (nSPS) is 10.4. The standard InChI is InChI=1S/C13H18O2S/c1-9-7-11(8-10(2)13(9)15)3-4-12(14)5-6-16/h7-8,15-16H,3-6H2,1-2H3. The number of ketones is 1. The van der Waals surface area contributed by atoms with Crippen molar-refractivity contribution >= 4 is 18.4 Å². The van der Waals surface area contributed by atoms with Gasteiger partial charge in [-0.25, -0.2) is 0 Å². The molecule has 2 nitrogen and oxygen atoms in total. The Labute approximate surface area is 102 Å². The molecule has 0 aliphatic heterocycles. The summed E-state index contributed by atoms with van der Waals surface area (Å²) in [7, 11) is 0. The summed E-state index contributed by atoms with van der Waals surface area (Å²) < 4.78 is 0. The Morgan fingerprint density at radius 3 is 2.31 bits per heavy atom. The number of phenols is 1. The SMILES string of the molecule is Cc1cc(CCC(=O)CCS)cc(C)c1O. The molecular formula is C13H18O2S. The van der Waals surface area contributed by atoms with Crippen molar-refractivity contribution in [3.63, 3.8) is 0 Å². The van der Waals surface area contributed by atoms with Gasteiger partial charge in [0, 0.05) is 12.8 Å². The zero-order valence-corrected chi connectivity index (χ0v) is 10.7. The van der Waals surface area contributed by atoms with E-state index in [1.807, 2.05) is 26.0 Å².